The fraction of sp³-hybridized carbons (Fsp3) is 0.448. The summed E-state index contributed by atoms with van der Waals surface area (Å²) in [5, 5.41) is 1.20. The lowest BCUT2D eigenvalue weighted by atomic mass is 9.91. The minimum absolute atomic E-state index is 0.0828. The molecule has 3 aromatic rings. The smallest absolute Gasteiger partial charge is 0.257 e. The Hall–Kier alpha value is -2.96. The minimum Gasteiger partial charge on any atom is -0.491 e. The van der Waals surface area contributed by atoms with Crippen LogP contribution in [0.5, 0.6) is 5.75 Å². The highest BCUT2D eigenvalue weighted by Crippen LogP contribution is 2.27. The van der Waals surface area contributed by atoms with E-state index in [2.05, 4.69) is 34.1 Å². The lowest BCUT2D eigenvalue weighted by Crippen LogP contribution is -2.38. The molecule has 6 nitrogen and oxygen atoms in total. The molecule has 1 aromatic heterocycles. The number of carbonyl (C=O) groups is 1. The van der Waals surface area contributed by atoms with E-state index in [4.69, 9.17) is 9.47 Å². The zero-order valence-corrected chi connectivity index (χ0v) is 20.4. The van der Waals surface area contributed by atoms with Crippen molar-refractivity contribution in [3.05, 3.63) is 71.9 Å². The Morgan fingerprint density at radius 2 is 1.83 bits per heavy atom. The van der Waals surface area contributed by atoms with E-state index in [1.165, 1.54) is 10.9 Å². The van der Waals surface area contributed by atoms with Crippen molar-refractivity contribution < 1.29 is 14.3 Å². The second-order valence-electron chi connectivity index (χ2n) is 9.58. The zero-order chi connectivity index (χ0) is 23.9. The maximum absolute atomic E-state index is 13.5. The van der Waals surface area contributed by atoms with Crippen LogP contribution < -0.4 is 4.74 Å². The van der Waals surface area contributed by atoms with Crippen LogP contribution >= 0.6 is 0 Å². The molecule has 1 unspecified atom stereocenters. The molecule has 0 spiro atoms. The number of para-hydroxylation sites is 2. The Bertz CT molecular complexity index is 1120. The van der Waals surface area contributed by atoms with E-state index in [1.54, 1.807) is 0 Å². The number of benzene rings is 2. The molecular formula is C29H35N3O3. The number of rotatable bonds is 7. The quantitative estimate of drug-likeness (QED) is 0.508. The normalized spacial score (nSPS) is 19.4. The molecule has 2 aliphatic rings. The summed E-state index contributed by atoms with van der Waals surface area (Å²) < 4.78 is 11.5. The third-order valence-electron chi connectivity index (χ3n) is 7.25. The van der Waals surface area contributed by atoms with Crippen molar-refractivity contribution in [3.8, 4) is 5.75 Å². The number of likely N-dealkylation sites (tertiary alicyclic amines) is 1. The van der Waals surface area contributed by atoms with Crippen LogP contribution in [-0.4, -0.2) is 73.2 Å². The predicted molar refractivity (Wildman–Crippen MR) is 138 cm³/mol. The number of nitrogens with zero attached hydrogens (tertiary/aromatic N) is 3. The predicted octanol–water partition coefficient (Wildman–Crippen LogP) is 4.43. The van der Waals surface area contributed by atoms with Crippen LogP contribution in [0, 0.1) is 5.92 Å². The highest BCUT2D eigenvalue weighted by molar-refractivity contribution is 5.97. The van der Waals surface area contributed by atoms with Crippen molar-refractivity contribution >= 4 is 16.8 Å². The van der Waals surface area contributed by atoms with Crippen molar-refractivity contribution in [3.63, 3.8) is 0 Å². The van der Waals surface area contributed by atoms with Gasteiger partial charge in [0.1, 0.15) is 12.4 Å². The zero-order valence-electron chi connectivity index (χ0n) is 20.4. The summed E-state index contributed by atoms with van der Waals surface area (Å²) in [5.74, 6) is 1.33. The number of carbonyl (C=O) groups excluding carboxylic acids is 1. The van der Waals surface area contributed by atoms with Gasteiger partial charge in [-0.25, -0.2) is 0 Å². The van der Waals surface area contributed by atoms with Crippen LogP contribution in [0.4, 0.5) is 0 Å². The molecule has 2 fully saturated rings. The van der Waals surface area contributed by atoms with Gasteiger partial charge in [-0.1, -0.05) is 36.4 Å². The van der Waals surface area contributed by atoms with Crippen molar-refractivity contribution in [2.75, 3.05) is 52.5 Å². The lowest BCUT2D eigenvalue weighted by Gasteiger charge is -2.26. The van der Waals surface area contributed by atoms with Crippen molar-refractivity contribution in [1.82, 2.24) is 14.8 Å². The van der Waals surface area contributed by atoms with Crippen molar-refractivity contribution in [2.24, 2.45) is 5.92 Å². The molecule has 0 bridgehead atoms. The number of fused-ring (bicyclic) bond motifs is 1. The topological polar surface area (TPSA) is 54.9 Å². The molecule has 0 saturated carbocycles. The molecule has 2 aromatic carbocycles. The summed E-state index contributed by atoms with van der Waals surface area (Å²) >= 11 is 0. The van der Waals surface area contributed by atoms with Gasteiger partial charge in [0.25, 0.3) is 5.91 Å². The molecule has 2 aliphatic heterocycles. The van der Waals surface area contributed by atoms with E-state index in [9.17, 15) is 4.79 Å². The fourth-order valence-corrected chi connectivity index (χ4v) is 5.26. The molecule has 0 radical (unpaired) electrons. The van der Waals surface area contributed by atoms with Gasteiger partial charge < -0.3 is 14.4 Å². The average molecular weight is 474 g/mol. The van der Waals surface area contributed by atoms with Crippen LogP contribution in [0.15, 0.2) is 60.8 Å². The van der Waals surface area contributed by atoms with E-state index < -0.39 is 0 Å². The Labute approximate surface area is 207 Å². The number of morpholine rings is 1. The lowest BCUT2D eigenvalue weighted by molar-refractivity contribution is 0.0321. The van der Waals surface area contributed by atoms with Gasteiger partial charge in [-0.3, -0.25) is 14.7 Å². The van der Waals surface area contributed by atoms with Gasteiger partial charge in [-0.15, -0.1) is 0 Å². The summed E-state index contributed by atoms with van der Waals surface area (Å²) in [7, 11) is 0. The molecule has 2 saturated heterocycles. The molecule has 5 rings (SSSR count). The summed E-state index contributed by atoms with van der Waals surface area (Å²) in [6.45, 7) is 6.44. The molecule has 1 atom stereocenters. The Kier molecular flexibility index (Phi) is 7.91. The van der Waals surface area contributed by atoms with Gasteiger partial charge in [-0.2, -0.15) is 0 Å². The number of aromatic nitrogens is 1. The van der Waals surface area contributed by atoms with Crippen LogP contribution in [-0.2, 0) is 11.2 Å². The number of pyridine rings is 1. The van der Waals surface area contributed by atoms with E-state index in [1.807, 2.05) is 41.4 Å². The summed E-state index contributed by atoms with van der Waals surface area (Å²) in [6.07, 6.45) is 6.05. The number of ether oxygens (including phenoxy) is 2. The Morgan fingerprint density at radius 1 is 0.971 bits per heavy atom. The molecular weight excluding hydrogens is 438 g/mol. The highest BCUT2D eigenvalue weighted by atomic mass is 16.5. The summed E-state index contributed by atoms with van der Waals surface area (Å²) in [4.78, 5) is 22.5. The second kappa shape index (κ2) is 11.6. The highest BCUT2D eigenvalue weighted by Gasteiger charge is 2.24. The third-order valence-corrected chi connectivity index (χ3v) is 7.25. The van der Waals surface area contributed by atoms with E-state index in [0.29, 0.717) is 23.8 Å². The fourth-order valence-electron chi connectivity index (χ4n) is 5.26. The minimum atomic E-state index is 0.0828. The average Bonchev–Trinajstić information content (AvgIpc) is 3.15. The molecule has 35 heavy (non-hydrogen) atoms. The first-order chi connectivity index (χ1) is 17.3. The molecule has 184 valence electrons. The number of amides is 1. The van der Waals surface area contributed by atoms with Crippen LogP contribution in [0.2, 0.25) is 0 Å². The monoisotopic (exact) mass is 473 g/mol. The second-order valence-corrected chi connectivity index (χ2v) is 9.58. The first-order valence-electron chi connectivity index (χ1n) is 12.9. The van der Waals surface area contributed by atoms with E-state index >= 15 is 0 Å². The van der Waals surface area contributed by atoms with Gasteiger partial charge in [0, 0.05) is 44.3 Å². The molecule has 6 heteroatoms. The van der Waals surface area contributed by atoms with Gasteiger partial charge in [0.05, 0.1) is 24.3 Å². The number of hydrogen-bond acceptors (Lipinski definition) is 5. The first kappa shape index (κ1) is 23.8. The third kappa shape index (κ3) is 6.00. The van der Waals surface area contributed by atoms with Gasteiger partial charge in [0.15, 0.2) is 0 Å². The Balaban J connectivity index is 1.19. The van der Waals surface area contributed by atoms with E-state index in [-0.39, 0.29) is 5.91 Å². The summed E-state index contributed by atoms with van der Waals surface area (Å²) in [6, 6.07) is 18.3. The molecule has 1 amide bonds. The van der Waals surface area contributed by atoms with Crippen molar-refractivity contribution in [2.45, 2.75) is 25.7 Å². The molecule has 0 N–H and O–H groups in total. The van der Waals surface area contributed by atoms with Gasteiger partial charge in [0.2, 0.25) is 0 Å². The van der Waals surface area contributed by atoms with Gasteiger partial charge in [-0.05, 0) is 55.4 Å². The maximum Gasteiger partial charge on any atom is 0.257 e. The van der Waals surface area contributed by atoms with Crippen LogP contribution in [0.3, 0.4) is 0 Å². The maximum atomic E-state index is 13.5. The van der Waals surface area contributed by atoms with Crippen LogP contribution in [0.1, 0.15) is 35.2 Å². The first-order valence-corrected chi connectivity index (χ1v) is 12.9. The van der Waals surface area contributed by atoms with Crippen molar-refractivity contribution in [1.29, 1.82) is 0 Å². The standard InChI is InChI=1S/C29H35N3O3/c33-29(26-10-1-2-11-27(26)35-21-18-31-16-19-34-20-17-31)32-14-5-6-23(12-15-32)22-25-8-3-7-24-9-4-13-30-28(24)25/h1-4,7-11,13,23H,5-6,12,14-22H2. The SMILES string of the molecule is O=C(c1ccccc1OCCN1CCOCC1)N1CCCC(Cc2cccc3cccnc23)CC1. The molecule has 3 heterocycles. The summed E-state index contributed by atoms with van der Waals surface area (Å²) in [5.41, 5.74) is 3.09. The van der Waals surface area contributed by atoms with Crippen LogP contribution in [0.25, 0.3) is 10.9 Å². The number of hydrogen-bond donors (Lipinski definition) is 0. The van der Waals surface area contributed by atoms with E-state index in [0.717, 1.165) is 77.1 Å². The largest absolute Gasteiger partial charge is 0.491 e. The Morgan fingerprint density at radius 3 is 2.74 bits per heavy atom. The van der Waals surface area contributed by atoms with Gasteiger partial charge >= 0.3 is 0 Å². The molecule has 0 aliphatic carbocycles.